The van der Waals surface area contributed by atoms with Crippen LogP contribution in [0.25, 0.3) is 21.1 Å². The largest absolute Gasteiger partial charge is 0.340 e. The Labute approximate surface area is 225 Å². The fourth-order valence-electron chi connectivity index (χ4n) is 4.86. The zero-order valence-electron chi connectivity index (χ0n) is 21.5. The molecule has 1 amide bonds. The molecule has 192 valence electrons. The van der Waals surface area contributed by atoms with Gasteiger partial charge in [-0.05, 0) is 49.8 Å². The molecule has 0 spiro atoms. The topological polar surface area (TPSA) is 79.2 Å². The Bertz CT molecular complexity index is 1640. The number of carbonyl (C=O) groups is 1. The van der Waals surface area contributed by atoms with Crippen molar-refractivity contribution in [2.45, 2.75) is 19.5 Å². The fourth-order valence-corrected chi connectivity index (χ4v) is 6.07. The highest BCUT2D eigenvalue weighted by molar-refractivity contribution is 7.19. The molecule has 6 rings (SSSR count). The summed E-state index contributed by atoms with van der Waals surface area (Å²) in [6.07, 6.45) is 7.90. The van der Waals surface area contributed by atoms with Crippen LogP contribution in [-0.4, -0.2) is 62.6 Å². The van der Waals surface area contributed by atoms with Gasteiger partial charge >= 0.3 is 0 Å². The van der Waals surface area contributed by atoms with Gasteiger partial charge < -0.3 is 15.1 Å². The first-order chi connectivity index (χ1) is 18.5. The third-order valence-corrected chi connectivity index (χ3v) is 7.88. The van der Waals surface area contributed by atoms with Crippen molar-refractivity contribution in [1.29, 1.82) is 0 Å². The lowest BCUT2D eigenvalue weighted by molar-refractivity contribution is -0.126. The molecule has 0 bridgehead atoms. The molecule has 0 aliphatic carbocycles. The lowest BCUT2D eigenvalue weighted by Gasteiger charge is -2.26. The van der Waals surface area contributed by atoms with E-state index in [1.165, 1.54) is 16.0 Å². The molecule has 8 nitrogen and oxygen atoms in total. The summed E-state index contributed by atoms with van der Waals surface area (Å²) in [6, 6.07) is 16.6. The average molecular weight is 524 g/mol. The monoisotopic (exact) mass is 523 g/mol. The van der Waals surface area contributed by atoms with Gasteiger partial charge in [-0.25, -0.2) is 9.97 Å². The van der Waals surface area contributed by atoms with Gasteiger partial charge in [-0.15, -0.1) is 11.3 Å². The highest BCUT2D eigenvalue weighted by Crippen LogP contribution is 2.38. The molecule has 0 radical (unpaired) electrons. The zero-order valence-corrected chi connectivity index (χ0v) is 22.3. The first kappa shape index (κ1) is 24.3. The molecule has 9 heteroatoms. The minimum atomic E-state index is 0.0560. The van der Waals surface area contributed by atoms with Crippen molar-refractivity contribution >= 4 is 49.9 Å². The number of anilines is 2. The molecule has 1 aliphatic heterocycles. The van der Waals surface area contributed by atoms with Gasteiger partial charge in [-0.1, -0.05) is 36.4 Å². The molecule has 38 heavy (non-hydrogen) atoms. The van der Waals surface area contributed by atoms with E-state index in [9.17, 15) is 4.79 Å². The second kappa shape index (κ2) is 10.4. The number of hydrogen-bond donors (Lipinski definition) is 1. The standard InChI is InChI=1S/C29H29N7OS/c1-34(2)13-6-9-26(37)35-14-12-23-25(18-35)38-29-27(23)28(30-19-31-29)33-22-10-11-24-21(15-22)16-32-36(24)17-20-7-4-3-5-8-20/h3-11,15-16,19H,12-14,17-18H2,1-2H3,(H,30,31,33)/b9-6+. The molecule has 0 unspecified atom stereocenters. The van der Waals surface area contributed by atoms with E-state index in [0.29, 0.717) is 13.1 Å². The van der Waals surface area contributed by atoms with Crippen molar-refractivity contribution in [1.82, 2.24) is 29.5 Å². The van der Waals surface area contributed by atoms with Crippen LogP contribution in [0.5, 0.6) is 0 Å². The highest BCUT2D eigenvalue weighted by atomic mass is 32.1. The van der Waals surface area contributed by atoms with Crippen LogP contribution in [0.4, 0.5) is 11.5 Å². The highest BCUT2D eigenvalue weighted by Gasteiger charge is 2.25. The number of benzene rings is 2. The molecule has 4 heterocycles. The van der Waals surface area contributed by atoms with E-state index in [-0.39, 0.29) is 5.91 Å². The number of carbonyl (C=O) groups excluding carboxylic acids is 1. The first-order valence-electron chi connectivity index (χ1n) is 12.7. The van der Waals surface area contributed by atoms with Gasteiger partial charge in [0.15, 0.2) is 0 Å². The number of aromatic nitrogens is 4. The number of likely N-dealkylation sites (N-methyl/N-ethyl adjacent to an activating group) is 1. The summed E-state index contributed by atoms with van der Waals surface area (Å²) in [4.78, 5) is 27.9. The normalized spacial score (nSPS) is 13.6. The van der Waals surface area contributed by atoms with Crippen LogP contribution in [0.15, 0.2) is 73.2 Å². The van der Waals surface area contributed by atoms with Gasteiger partial charge in [0, 0.05) is 35.1 Å². The molecular formula is C29H29N7OS. The Morgan fingerprint density at radius 3 is 2.87 bits per heavy atom. The molecule has 1 N–H and O–H groups in total. The molecule has 3 aromatic heterocycles. The molecular weight excluding hydrogens is 494 g/mol. The smallest absolute Gasteiger partial charge is 0.246 e. The summed E-state index contributed by atoms with van der Waals surface area (Å²) >= 11 is 1.65. The number of rotatable bonds is 7. The van der Waals surface area contributed by atoms with E-state index in [0.717, 1.165) is 52.1 Å². The average Bonchev–Trinajstić information content (AvgIpc) is 3.50. The SMILES string of the molecule is CN(C)C/C=C/C(=O)N1CCc2c(sc3ncnc(Nc4ccc5c(cnn5Cc5ccccc5)c4)c23)C1. The number of thiophene rings is 1. The Balaban J connectivity index is 1.23. The summed E-state index contributed by atoms with van der Waals surface area (Å²) in [5.74, 6) is 0.856. The number of fused-ring (bicyclic) bond motifs is 4. The Kier molecular flexibility index (Phi) is 6.61. The van der Waals surface area contributed by atoms with Crippen LogP contribution >= 0.6 is 11.3 Å². The van der Waals surface area contributed by atoms with Crippen LogP contribution < -0.4 is 5.32 Å². The molecule has 0 fully saturated rings. The van der Waals surface area contributed by atoms with Crippen molar-refractivity contribution in [3.05, 3.63) is 89.2 Å². The van der Waals surface area contributed by atoms with Crippen LogP contribution in [0, 0.1) is 0 Å². The molecule has 5 aromatic rings. The summed E-state index contributed by atoms with van der Waals surface area (Å²) in [6.45, 7) is 2.77. The molecule has 0 atom stereocenters. The van der Waals surface area contributed by atoms with Gasteiger partial charge in [0.05, 0.1) is 30.2 Å². The van der Waals surface area contributed by atoms with E-state index in [2.05, 4.69) is 50.7 Å². The third-order valence-electron chi connectivity index (χ3n) is 6.76. The minimum absolute atomic E-state index is 0.0560. The molecule has 0 saturated heterocycles. The van der Waals surface area contributed by atoms with Crippen LogP contribution in [0.2, 0.25) is 0 Å². The Morgan fingerprint density at radius 1 is 1.16 bits per heavy atom. The summed E-state index contributed by atoms with van der Waals surface area (Å²) in [7, 11) is 3.98. The third kappa shape index (κ3) is 4.90. The van der Waals surface area contributed by atoms with Crippen molar-refractivity contribution in [2.75, 3.05) is 32.5 Å². The second-order valence-corrected chi connectivity index (χ2v) is 10.9. The predicted molar refractivity (Wildman–Crippen MR) is 153 cm³/mol. The number of nitrogens with one attached hydrogen (secondary N) is 1. The minimum Gasteiger partial charge on any atom is -0.340 e. The zero-order chi connectivity index (χ0) is 26.1. The summed E-state index contributed by atoms with van der Waals surface area (Å²) in [5.41, 5.74) is 4.50. The van der Waals surface area contributed by atoms with Crippen molar-refractivity contribution in [2.24, 2.45) is 0 Å². The maximum absolute atomic E-state index is 12.7. The lowest BCUT2D eigenvalue weighted by Crippen LogP contribution is -2.34. The molecule has 0 saturated carbocycles. The Morgan fingerprint density at radius 2 is 2.03 bits per heavy atom. The van der Waals surface area contributed by atoms with E-state index < -0.39 is 0 Å². The van der Waals surface area contributed by atoms with Crippen molar-refractivity contribution in [3.8, 4) is 0 Å². The molecule has 1 aliphatic rings. The Hall–Kier alpha value is -4.08. The summed E-state index contributed by atoms with van der Waals surface area (Å²) in [5, 5.41) is 10.3. The van der Waals surface area contributed by atoms with Gasteiger partial charge in [0.1, 0.15) is 17.0 Å². The van der Waals surface area contributed by atoms with E-state index >= 15 is 0 Å². The number of amides is 1. The fraction of sp³-hybridized carbons (Fsp3) is 0.241. The first-order valence-corrected chi connectivity index (χ1v) is 13.5. The van der Waals surface area contributed by atoms with Crippen molar-refractivity contribution < 1.29 is 4.79 Å². The van der Waals surface area contributed by atoms with E-state index in [1.54, 1.807) is 23.7 Å². The molecule has 2 aromatic carbocycles. The van der Waals surface area contributed by atoms with E-state index in [4.69, 9.17) is 0 Å². The van der Waals surface area contributed by atoms with E-state index in [1.807, 2.05) is 59.0 Å². The van der Waals surface area contributed by atoms with Gasteiger partial charge in [0.2, 0.25) is 5.91 Å². The maximum atomic E-state index is 12.7. The van der Waals surface area contributed by atoms with Crippen LogP contribution in [0.1, 0.15) is 16.0 Å². The van der Waals surface area contributed by atoms with Crippen LogP contribution in [0.3, 0.4) is 0 Å². The second-order valence-electron chi connectivity index (χ2n) is 9.77. The van der Waals surface area contributed by atoms with Gasteiger partial charge in [-0.3, -0.25) is 9.48 Å². The van der Waals surface area contributed by atoms with Gasteiger partial charge in [-0.2, -0.15) is 5.10 Å². The quantitative estimate of drug-likeness (QED) is 0.308. The number of hydrogen-bond acceptors (Lipinski definition) is 7. The predicted octanol–water partition coefficient (Wildman–Crippen LogP) is 4.84. The maximum Gasteiger partial charge on any atom is 0.246 e. The lowest BCUT2D eigenvalue weighted by atomic mass is 10.0. The number of nitrogens with zero attached hydrogens (tertiary/aromatic N) is 6. The van der Waals surface area contributed by atoms with Crippen LogP contribution in [-0.2, 0) is 24.3 Å². The summed E-state index contributed by atoms with van der Waals surface area (Å²) < 4.78 is 2.02. The van der Waals surface area contributed by atoms with Crippen molar-refractivity contribution in [3.63, 3.8) is 0 Å². The van der Waals surface area contributed by atoms with Gasteiger partial charge in [0.25, 0.3) is 0 Å².